The SMILES string of the molecule is COc1cc(CN2CCN(Cc3cccc([N+](=O)[O-])c3)CC2)cc(OC)c1OC. The Labute approximate surface area is 170 Å². The van der Waals surface area contributed by atoms with Crippen molar-refractivity contribution in [2.75, 3.05) is 47.5 Å². The average Bonchev–Trinajstić information content (AvgIpc) is 2.74. The summed E-state index contributed by atoms with van der Waals surface area (Å²) < 4.78 is 16.3. The van der Waals surface area contributed by atoms with Gasteiger partial charge in [0.1, 0.15) is 0 Å². The number of nitro benzene ring substituents is 1. The molecule has 1 fully saturated rings. The smallest absolute Gasteiger partial charge is 0.269 e. The average molecular weight is 401 g/mol. The van der Waals surface area contributed by atoms with Crippen LogP contribution in [0.2, 0.25) is 0 Å². The second kappa shape index (κ2) is 9.58. The highest BCUT2D eigenvalue weighted by Crippen LogP contribution is 2.38. The molecule has 0 amide bonds. The Bertz CT molecular complexity index is 825. The number of nitro groups is 1. The molecule has 3 rings (SSSR count). The molecule has 156 valence electrons. The van der Waals surface area contributed by atoms with E-state index in [1.165, 1.54) is 6.07 Å². The third-order valence-corrected chi connectivity index (χ3v) is 5.12. The van der Waals surface area contributed by atoms with Crippen LogP contribution in [0.1, 0.15) is 11.1 Å². The molecular formula is C21H27N3O5. The molecule has 2 aromatic rings. The van der Waals surface area contributed by atoms with Crippen LogP contribution in [-0.4, -0.2) is 62.2 Å². The minimum atomic E-state index is -0.348. The highest BCUT2D eigenvalue weighted by atomic mass is 16.6. The fourth-order valence-electron chi connectivity index (χ4n) is 3.62. The molecule has 29 heavy (non-hydrogen) atoms. The van der Waals surface area contributed by atoms with Crippen LogP contribution in [0.4, 0.5) is 5.69 Å². The first kappa shape index (κ1) is 20.9. The predicted molar refractivity (Wildman–Crippen MR) is 110 cm³/mol. The molecule has 1 heterocycles. The molecule has 0 atom stereocenters. The van der Waals surface area contributed by atoms with Crippen molar-refractivity contribution < 1.29 is 19.1 Å². The number of piperazine rings is 1. The normalized spacial score (nSPS) is 15.1. The van der Waals surface area contributed by atoms with Gasteiger partial charge < -0.3 is 14.2 Å². The van der Waals surface area contributed by atoms with Gasteiger partial charge in [-0.05, 0) is 23.3 Å². The maximum absolute atomic E-state index is 11.0. The molecule has 8 nitrogen and oxygen atoms in total. The Kier molecular flexibility index (Phi) is 6.90. The molecule has 0 aliphatic carbocycles. The molecule has 0 N–H and O–H groups in total. The van der Waals surface area contributed by atoms with E-state index in [9.17, 15) is 10.1 Å². The zero-order valence-electron chi connectivity index (χ0n) is 17.1. The molecule has 0 bridgehead atoms. The van der Waals surface area contributed by atoms with E-state index >= 15 is 0 Å². The topological polar surface area (TPSA) is 77.3 Å². The van der Waals surface area contributed by atoms with Crippen molar-refractivity contribution in [1.82, 2.24) is 9.80 Å². The second-order valence-electron chi connectivity index (χ2n) is 7.01. The molecule has 1 aliphatic heterocycles. The summed E-state index contributed by atoms with van der Waals surface area (Å²) in [6.45, 7) is 5.18. The molecule has 0 spiro atoms. The van der Waals surface area contributed by atoms with Gasteiger partial charge in [-0.25, -0.2) is 0 Å². The van der Waals surface area contributed by atoms with Gasteiger partial charge in [-0.3, -0.25) is 19.9 Å². The minimum absolute atomic E-state index is 0.142. The van der Waals surface area contributed by atoms with Gasteiger partial charge in [0.15, 0.2) is 11.5 Å². The molecule has 0 radical (unpaired) electrons. The number of benzene rings is 2. The van der Waals surface area contributed by atoms with Gasteiger partial charge in [0.05, 0.1) is 26.3 Å². The second-order valence-corrected chi connectivity index (χ2v) is 7.01. The molecule has 8 heteroatoms. The van der Waals surface area contributed by atoms with Crippen molar-refractivity contribution in [2.45, 2.75) is 13.1 Å². The molecule has 0 unspecified atom stereocenters. The van der Waals surface area contributed by atoms with Crippen LogP contribution in [-0.2, 0) is 13.1 Å². The summed E-state index contributed by atoms with van der Waals surface area (Å²) in [5.74, 6) is 1.91. The van der Waals surface area contributed by atoms with Gasteiger partial charge in [0, 0.05) is 51.4 Å². The van der Waals surface area contributed by atoms with Crippen molar-refractivity contribution in [1.29, 1.82) is 0 Å². The van der Waals surface area contributed by atoms with Crippen molar-refractivity contribution >= 4 is 5.69 Å². The van der Waals surface area contributed by atoms with Gasteiger partial charge in [-0.1, -0.05) is 12.1 Å². The van der Waals surface area contributed by atoms with E-state index < -0.39 is 0 Å². The fraction of sp³-hybridized carbons (Fsp3) is 0.429. The van der Waals surface area contributed by atoms with Crippen LogP contribution in [0.5, 0.6) is 17.2 Å². The van der Waals surface area contributed by atoms with Crippen LogP contribution >= 0.6 is 0 Å². The number of methoxy groups -OCH3 is 3. The zero-order valence-corrected chi connectivity index (χ0v) is 17.1. The maximum atomic E-state index is 11.0. The van der Waals surface area contributed by atoms with E-state index in [0.717, 1.165) is 50.4 Å². The Morgan fingerprint density at radius 3 is 1.90 bits per heavy atom. The van der Waals surface area contributed by atoms with E-state index in [1.807, 2.05) is 18.2 Å². The Balaban J connectivity index is 1.59. The summed E-state index contributed by atoms with van der Waals surface area (Å²) in [6, 6.07) is 10.8. The Morgan fingerprint density at radius 1 is 0.862 bits per heavy atom. The van der Waals surface area contributed by atoms with Crippen LogP contribution in [0.3, 0.4) is 0 Å². The molecule has 2 aromatic carbocycles. The van der Waals surface area contributed by atoms with Crippen LogP contribution in [0.25, 0.3) is 0 Å². The maximum Gasteiger partial charge on any atom is 0.269 e. The number of non-ortho nitro benzene ring substituents is 1. The van der Waals surface area contributed by atoms with Crippen molar-refractivity contribution in [3.05, 3.63) is 57.6 Å². The lowest BCUT2D eigenvalue weighted by atomic mass is 10.1. The molecular weight excluding hydrogens is 374 g/mol. The number of ether oxygens (including phenoxy) is 3. The number of rotatable bonds is 8. The minimum Gasteiger partial charge on any atom is -0.493 e. The third-order valence-electron chi connectivity index (χ3n) is 5.12. The van der Waals surface area contributed by atoms with E-state index in [4.69, 9.17) is 14.2 Å². The lowest BCUT2D eigenvalue weighted by Gasteiger charge is -2.34. The number of nitrogens with zero attached hydrogens (tertiary/aromatic N) is 3. The summed E-state index contributed by atoms with van der Waals surface area (Å²) in [4.78, 5) is 15.3. The summed E-state index contributed by atoms with van der Waals surface area (Å²) in [7, 11) is 4.84. The first-order valence-electron chi connectivity index (χ1n) is 9.51. The summed E-state index contributed by atoms with van der Waals surface area (Å²) in [5, 5.41) is 11.0. The van der Waals surface area contributed by atoms with Crippen molar-refractivity contribution in [2.24, 2.45) is 0 Å². The van der Waals surface area contributed by atoms with Crippen molar-refractivity contribution in [3.63, 3.8) is 0 Å². The fourth-order valence-corrected chi connectivity index (χ4v) is 3.62. The van der Waals surface area contributed by atoms with Gasteiger partial charge >= 0.3 is 0 Å². The van der Waals surface area contributed by atoms with E-state index in [2.05, 4.69) is 9.80 Å². The highest BCUT2D eigenvalue weighted by molar-refractivity contribution is 5.53. The van der Waals surface area contributed by atoms with Crippen molar-refractivity contribution in [3.8, 4) is 17.2 Å². The Hall–Kier alpha value is -2.84. The molecule has 1 aliphatic rings. The zero-order chi connectivity index (χ0) is 20.8. The lowest BCUT2D eigenvalue weighted by Crippen LogP contribution is -2.45. The summed E-state index contributed by atoms with van der Waals surface area (Å²) >= 11 is 0. The van der Waals surface area contributed by atoms with Gasteiger partial charge in [0.25, 0.3) is 5.69 Å². The summed E-state index contributed by atoms with van der Waals surface area (Å²) in [5.41, 5.74) is 2.22. The lowest BCUT2D eigenvalue weighted by molar-refractivity contribution is -0.384. The molecule has 0 aromatic heterocycles. The largest absolute Gasteiger partial charge is 0.493 e. The predicted octanol–water partition coefficient (Wildman–Crippen LogP) is 2.94. The van der Waals surface area contributed by atoms with Crippen LogP contribution in [0, 0.1) is 10.1 Å². The quantitative estimate of drug-likeness (QED) is 0.497. The van der Waals surface area contributed by atoms with Gasteiger partial charge in [0.2, 0.25) is 5.75 Å². The first-order valence-corrected chi connectivity index (χ1v) is 9.51. The number of hydrogen-bond acceptors (Lipinski definition) is 7. The molecule has 1 saturated heterocycles. The Morgan fingerprint density at radius 2 is 1.41 bits per heavy atom. The van der Waals surface area contributed by atoms with E-state index in [-0.39, 0.29) is 10.6 Å². The highest BCUT2D eigenvalue weighted by Gasteiger charge is 2.20. The standard InChI is InChI=1S/C21H27N3O5/c1-27-19-12-17(13-20(28-2)21(19)29-3)15-23-9-7-22(8-10-23)14-16-5-4-6-18(11-16)24(25)26/h4-6,11-13H,7-10,14-15H2,1-3H3. The van der Waals surface area contributed by atoms with Crippen LogP contribution in [0.15, 0.2) is 36.4 Å². The molecule has 0 saturated carbocycles. The monoisotopic (exact) mass is 401 g/mol. The van der Waals surface area contributed by atoms with E-state index in [0.29, 0.717) is 17.2 Å². The van der Waals surface area contributed by atoms with Crippen LogP contribution < -0.4 is 14.2 Å². The third kappa shape index (κ3) is 5.16. The first-order chi connectivity index (χ1) is 14.0. The number of hydrogen-bond donors (Lipinski definition) is 0. The van der Waals surface area contributed by atoms with E-state index in [1.54, 1.807) is 33.5 Å². The summed E-state index contributed by atoms with van der Waals surface area (Å²) in [6.07, 6.45) is 0. The van der Waals surface area contributed by atoms with Gasteiger partial charge in [-0.2, -0.15) is 0 Å². The van der Waals surface area contributed by atoms with Gasteiger partial charge in [-0.15, -0.1) is 0 Å².